The van der Waals surface area contributed by atoms with Crippen LogP contribution in [0.1, 0.15) is 12.5 Å². The molecule has 1 heterocycles. The lowest BCUT2D eigenvalue weighted by atomic mass is 10.1. The number of aromatic nitrogens is 2. The first-order valence-electron chi connectivity index (χ1n) is 5.11. The molecule has 0 radical (unpaired) electrons. The van der Waals surface area contributed by atoms with Gasteiger partial charge in [0, 0.05) is 11.9 Å². The number of rotatable bonds is 3. The molecule has 0 amide bonds. The first-order valence-corrected chi connectivity index (χ1v) is 5.90. The van der Waals surface area contributed by atoms with E-state index in [2.05, 4.69) is 46.2 Å². The van der Waals surface area contributed by atoms with E-state index in [0.717, 1.165) is 23.0 Å². The Hall–Kier alpha value is -0.870. The summed E-state index contributed by atoms with van der Waals surface area (Å²) < 4.78 is 2.91. The monoisotopic (exact) mass is 267 g/mol. The van der Waals surface area contributed by atoms with Gasteiger partial charge in [0.2, 0.25) is 0 Å². The van der Waals surface area contributed by atoms with Gasteiger partial charge in [-0.1, -0.05) is 6.07 Å². The summed E-state index contributed by atoms with van der Waals surface area (Å²) in [5, 5.41) is 5.58. The van der Waals surface area contributed by atoms with Gasteiger partial charge in [0.05, 0.1) is 5.52 Å². The number of benzene rings is 1. The SMILES string of the molecule is CCn1nc(Br)c2ccc(CCN)cc21. The first kappa shape index (κ1) is 10.6. The second-order valence-corrected chi connectivity index (χ2v) is 4.25. The Morgan fingerprint density at radius 2 is 2.27 bits per heavy atom. The fourth-order valence-electron chi connectivity index (χ4n) is 1.74. The average Bonchev–Trinajstić information content (AvgIpc) is 2.56. The normalized spacial score (nSPS) is 11.1. The van der Waals surface area contributed by atoms with Gasteiger partial charge in [-0.2, -0.15) is 5.10 Å². The number of hydrogen-bond acceptors (Lipinski definition) is 2. The van der Waals surface area contributed by atoms with Crippen molar-refractivity contribution < 1.29 is 0 Å². The largest absolute Gasteiger partial charge is 0.330 e. The van der Waals surface area contributed by atoms with E-state index in [4.69, 9.17) is 5.73 Å². The number of fused-ring (bicyclic) bond motifs is 1. The van der Waals surface area contributed by atoms with Crippen LogP contribution in [0.15, 0.2) is 22.8 Å². The van der Waals surface area contributed by atoms with Crippen LogP contribution in [0.3, 0.4) is 0 Å². The van der Waals surface area contributed by atoms with Crippen LogP contribution >= 0.6 is 15.9 Å². The fourth-order valence-corrected chi connectivity index (χ4v) is 2.27. The number of halogens is 1. The molecule has 0 atom stereocenters. The summed E-state index contributed by atoms with van der Waals surface area (Å²) in [6.07, 6.45) is 0.919. The molecule has 0 saturated heterocycles. The summed E-state index contributed by atoms with van der Waals surface area (Å²) in [7, 11) is 0. The molecular weight excluding hydrogens is 254 g/mol. The zero-order valence-electron chi connectivity index (χ0n) is 8.70. The quantitative estimate of drug-likeness (QED) is 0.928. The summed E-state index contributed by atoms with van der Waals surface area (Å²) in [5.74, 6) is 0. The predicted molar refractivity (Wildman–Crippen MR) is 65.9 cm³/mol. The average molecular weight is 268 g/mol. The summed E-state index contributed by atoms with van der Waals surface area (Å²) in [4.78, 5) is 0. The highest BCUT2D eigenvalue weighted by molar-refractivity contribution is 9.10. The molecule has 0 unspecified atom stereocenters. The van der Waals surface area contributed by atoms with Crippen molar-refractivity contribution in [2.75, 3.05) is 6.54 Å². The molecule has 0 aliphatic carbocycles. The highest BCUT2D eigenvalue weighted by atomic mass is 79.9. The molecule has 0 fully saturated rings. The van der Waals surface area contributed by atoms with Crippen LogP contribution in [0, 0.1) is 0 Å². The Morgan fingerprint density at radius 1 is 1.47 bits per heavy atom. The smallest absolute Gasteiger partial charge is 0.135 e. The van der Waals surface area contributed by atoms with Gasteiger partial charge < -0.3 is 5.73 Å². The van der Waals surface area contributed by atoms with Crippen molar-refractivity contribution in [3.8, 4) is 0 Å². The molecule has 0 aliphatic heterocycles. The van der Waals surface area contributed by atoms with E-state index in [0.29, 0.717) is 6.54 Å². The molecule has 2 rings (SSSR count). The van der Waals surface area contributed by atoms with Gasteiger partial charge in [0.1, 0.15) is 4.60 Å². The van der Waals surface area contributed by atoms with Gasteiger partial charge in [-0.15, -0.1) is 0 Å². The highest BCUT2D eigenvalue weighted by Crippen LogP contribution is 2.24. The predicted octanol–water partition coefficient (Wildman–Crippen LogP) is 2.32. The summed E-state index contributed by atoms with van der Waals surface area (Å²) in [5.41, 5.74) is 8.00. The van der Waals surface area contributed by atoms with Gasteiger partial charge in [-0.05, 0) is 53.5 Å². The molecule has 80 valence electrons. The number of aryl methyl sites for hydroxylation is 1. The first-order chi connectivity index (χ1) is 7.26. The standard InChI is InChI=1S/C11H14BrN3/c1-2-15-10-7-8(5-6-13)3-4-9(10)11(12)14-15/h3-4,7H,2,5-6,13H2,1H3. The molecule has 2 aromatic rings. The Bertz CT molecular complexity index is 476. The maximum Gasteiger partial charge on any atom is 0.135 e. The van der Waals surface area contributed by atoms with Crippen LogP contribution in [-0.2, 0) is 13.0 Å². The van der Waals surface area contributed by atoms with Gasteiger partial charge in [0.25, 0.3) is 0 Å². The molecule has 0 saturated carbocycles. The number of nitrogens with two attached hydrogens (primary N) is 1. The summed E-state index contributed by atoms with van der Waals surface area (Å²) in [6, 6.07) is 6.38. The highest BCUT2D eigenvalue weighted by Gasteiger charge is 2.07. The van der Waals surface area contributed by atoms with Crippen LogP contribution < -0.4 is 5.73 Å². The Balaban J connectivity index is 2.58. The van der Waals surface area contributed by atoms with E-state index in [1.165, 1.54) is 11.1 Å². The maximum absolute atomic E-state index is 5.55. The number of hydrogen-bond donors (Lipinski definition) is 1. The van der Waals surface area contributed by atoms with E-state index in [1.807, 2.05) is 4.68 Å². The van der Waals surface area contributed by atoms with Crippen LogP contribution in [0.5, 0.6) is 0 Å². The molecule has 1 aromatic carbocycles. The van der Waals surface area contributed by atoms with E-state index < -0.39 is 0 Å². The lowest BCUT2D eigenvalue weighted by molar-refractivity contribution is 0.678. The number of nitrogens with zero attached hydrogens (tertiary/aromatic N) is 2. The third kappa shape index (κ3) is 1.92. The maximum atomic E-state index is 5.55. The van der Waals surface area contributed by atoms with Gasteiger partial charge >= 0.3 is 0 Å². The molecule has 0 spiro atoms. The van der Waals surface area contributed by atoms with Crippen molar-refractivity contribution >= 4 is 26.8 Å². The molecular formula is C11H14BrN3. The van der Waals surface area contributed by atoms with E-state index in [1.54, 1.807) is 0 Å². The van der Waals surface area contributed by atoms with Gasteiger partial charge in [0.15, 0.2) is 0 Å². The topological polar surface area (TPSA) is 43.8 Å². The Labute approximate surface area is 97.4 Å². The molecule has 4 heteroatoms. The second kappa shape index (κ2) is 4.33. The third-order valence-electron chi connectivity index (χ3n) is 2.50. The van der Waals surface area contributed by atoms with Crippen molar-refractivity contribution in [1.29, 1.82) is 0 Å². The summed E-state index contributed by atoms with van der Waals surface area (Å²) in [6.45, 7) is 3.66. The van der Waals surface area contributed by atoms with Crippen molar-refractivity contribution in [3.63, 3.8) is 0 Å². The molecule has 1 aromatic heterocycles. The molecule has 0 aliphatic rings. The van der Waals surface area contributed by atoms with Crippen LogP contribution in [0.2, 0.25) is 0 Å². The van der Waals surface area contributed by atoms with Crippen LogP contribution in [-0.4, -0.2) is 16.3 Å². The Kier molecular flexibility index (Phi) is 3.07. The Morgan fingerprint density at radius 3 is 2.93 bits per heavy atom. The van der Waals surface area contributed by atoms with E-state index >= 15 is 0 Å². The zero-order valence-corrected chi connectivity index (χ0v) is 10.3. The molecule has 15 heavy (non-hydrogen) atoms. The fraction of sp³-hybridized carbons (Fsp3) is 0.364. The second-order valence-electron chi connectivity index (χ2n) is 3.50. The zero-order chi connectivity index (χ0) is 10.8. The molecule has 0 bridgehead atoms. The van der Waals surface area contributed by atoms with Gasteiger partial charge in [-0.3, -0.25) is 4.68 Å². The molecule has 3 nitrogen and oxygen atoms in total. The van der Waals surface area contributed by atoms with Gasteiger partial charge in [-0.25, -0.2) is 0 Å². The lowest BCUT2D eigenvalue weighted by Crippen LogP contribution is -2.03. The van der Waals surface area contributed by atoms with Crippen molar-refractivity contribution in [1.82, 2.24) is 9.78 Å². The van der Waals surface area contributed by atoms with E-state index in [9.17, 15) is 0 Å². The minimum Gasteiger partial charge on any atom is -0.330 e. The minimum absolute atomic E-state index is 0.687. The molecule has 2 N–H and O–H groups in total. The van der Waals surface area contributed by atoms with E-state index in [-0.39, 0.29) is 0 Å². The van der Waals surface area contributed by atoms with Crippen LogP contribution in [0.25, 0.3) is 10.9 Å². The third-order valence-corrected chi connectivity index (χ3v) is 3.09. The lowest BCUT2D eigenvalue weighted by Gasteiger charge is -2.01. The van der Waals surface area contributed by atoms with Crippen molar-refractivity contribution in [2.24, 2.45) is 5.73 Å². The van der Waals surface area contributed by atoms with Crippen molar-refractivity contribution in [2.45, 2.75) is 19.9 Å². The minimum atomic E-state index is 0.687. The van der Waals surface area contributed by atoms with Crippen molar-refractivity contribution in [3.05, 3.63) is 28.4 Å². The summed E-state index contributed by atoms with van der Waals surface area (Å²) >= 11 is 3.47. The van der Waals surface area contributed by atoms with Crippen LogP contribution in [0.4, 0.5) is 0 Å².